The Labute approximate surface area is 193 Å². The van der Waals surface area contributed by atoms with E-state index in [2.05, 4.69) is 15.4 Å². The quantitative estimate of drug-likeness (QED) is 0.570. The van der Waals surface area contributed by atoms with Crippen LogP contribution < -0.4 is 10.1 Å². The number of benzene rings is 2. The molecule has 0 saturated carbocycles. The van der Waals surface area contributed by atoms with Crippen LogP contribution in [-0.2, 0) is 14.8 Å². The Morgan fingerprint density at radius 3 is 2.52 bits per heavy atom. The maximum absolute atomic E-state index is 13.1. The number of rotatable bonds is 7. The highest BCUT2D eigenvalue weighted by Gasteiger charge is 2.33. The first-order valence-corrected chi connectivity index (χ1v) is 12.2. The molecule has 1 amide bonds. The number of carbonyl (C=O) groups is 1. The lowest BCUT2D eigenvalue weighted by Gasteiger charge is -2.32. The third-order valence-corrected chi connectivity index (χ3v) is 7.77. The molecule has 1 N–H and O–H groups in total. The minimum atomic E-state index is -3.68. The Hall–Kier alpha value is -3.24. The van der Waals surface area contributed by atoms with Crippen LogP contribution in [0, 0.1) is 5.92 Å². The van der Waals surface area contributed by atoms with Gasteiger partial charge < -0.3 is 10.1 Å². The number of carbonyl (C=O) groups excluding carboxylic acids is 1. The lowest BCUT2D eigenvalue weighted by molar-refractivity contribution is -0.126. The van der Waals surface area contributed by atoms with Gasteiger partial charge >= 0.3 is 0 Å². The highest BCUT2D eigenvalue weighted by atomic mass is 32.2. The van der Waals surface area contributed by atoms with Crippen LogP contribution in [0.1, 0.15) is 31.4 Å². The van der Waals surface area contributed by atoms with E-state index in [-0.39, 0.29) is 23.4 Å². The molecule has 2 aromatic carbocycles. The largest absolute Gasteiger partial charge is 0.497 e. The van der Waals surface area contributed by atoms with Crippen molar-refractivity contribution in [3.63, 3.8) is 0 Å². The van der Waals surface area contributed by atoms with Crippen LogP contribution >= 0.6 is 0 Å². The van der Waals surface area contributed by atoms with Gasteiger partial charge in [0.2, 0.25) is 15.9 Å². The number of piperidine rings is 1. The molecule has 1 aliphatic heterocycles. The molecule has 1 aliphatic rings. The van der Waals surface area contributed by atoms with Crippen LogP contribution in [0.2, 0.25) is 0 Å². The molecule has 0 aliphatic carbocycles. The van der Waals surface area contributed by atoms with Crippen molar-refractivity contribution >= 4 is 15.9 Å². The van der Waals surface area contributed by atoms with Gasteiger partial charge in [0.15, 0.2) is 0 Å². The van der Waals surface area contributed by atoms with E-state index in [1.54, 1.807) is 23.1 Å². The molecule has 33 heavy (non-hydrogen) atoms. The minimum Gasteiger partial charge on any atom is -0.497 e. The molecule has 9 nitrogen and oxygen atoms in total. The molecule has 0 unspecified atom stereocenters. The second-order valence-corrected chi connectivity index (χ2v) is 9.98. The van der Waals surface area contributed by atoms with Crippen LogP contribution in [0.15, 0.2) is 66.1 Å². The standard InChI is InChI=1S/C23H27N5O4S/c1-17(18-5-7-20(8-6-18)28-16-24-15-25-28)26-23(29)19-4-3-13-27(14-19)33(30,31)22-11-9-21(32-2)10-12-22/h5-12,15-17,19H,3-4,13-14H2,1-2H3,(H,26,29)/t17-,19+/m1/s1. The second-order valence-electron chi connectivity index (χ2n) is 8.04. The number of sulfonamides is 1. The summed E-state index contributed by atoms with van der Waals surface area (Å²) in [6.07, 6.45) is 4.38. The number of hydrogen-bond donors (Lipinski definition) is 1. The summed E-state index contributed by atoms with van der Waals surface area (Å²) in [5.41, 5.74) is 1.83. The fourth-order valence-electron chi connectivity index (χ4n) is 3.94. The van der Waals surface area contributed by atoms with Crippen LogP contribution in [0.3, 0.4) is 0 Å². The molecule has 0 spiro atoms. The molecule has 3 aromatic rings. The highest BCUT2D eigenvalue weighted by Crippen LogP contribution is 2.26. The number of ether oxygens (including phenoxy) is 1. The Morgan fingerprint density at radius 1 is 1.15 bits per heavy atom. The fourth-order valence-corrected chi connectivity index (χ4v) is 5.47. The molecule has 0 bridgehead atoms. The van der Waals surface area contributed by atoms with Crippen molar-refractivity contribution in [2.24, 2.45) is 5.92 Å². The summed E-state index contributed by atoms with van der Waals surface area (Å²) in [5.74, 6) is 0.0503. The van der Waals surface area contributed by atoms with E-state index >= 15 is 0 Å². The summed E-state index contributed by atoms with van der Waals surface area (Å²) < 4.78 is 34.3. The summed E-state index contributed by atoms with van der Waals surface area (Å²) in [7, 11) is -2.14. The average Bonchev–Trinajstić information content (AvgIpc) is 3.39. The number of hydrogen-bond acceptors (Lipinski definition) is 6. The third kappa shape index (κ3) is 5.07. The van der Waals surface area contributed by atoms with Gasteiger partial charge in [-0.05, 0) is 61.7 Å². The van der Waals surface area contributed by atoms with E-state index in [0.29, 0.717) is 25.1 Å². The summed E-state index contributed by atoms with van der Waals surface area (Å²) in [6.45, 7) is 2.48. The first-order valence-electron chi connectivity index (χ1n) is 10.8. The van der Waals surface area contributed by atoms with Crippen molar-refractivity contribution in [2.45, 2.75) is 30.7 Å². The third-order valence-electron chi connectivity index (χ3n) is 5.89. The van der Waals surface area contributed by atoms with Crippen LogP contribution in [0.5, 0.6) is 5.75 Å². The van der Waals surface area contributed by atoms with Crippen molar-refractivity contribution in [3.8, 4) is 11.4 Å². The molecule has 1 aromatic heterocycles. The zero-order chi connectivity index (χ0) is 23.4. The van der Waals surface area contributed by atoms with Crippen molar-refractivity contribution < 1.29 is 17.9 Å². The van der Waals surface area contributed by atoms with E-state index < -0.39 is 15.9 Å². The van der Waals surface area contributed by atoms with Crippen LogP contribution in [-0.4, -0.2) is 53.6 Å². The minimum absolute atomic E-state index is 0.141. The molecule has 2 heterocycles. The van der Waals surface area contributed by atoms with E-state index in [1.807, 2.05) is 31.2 Å². The number of aromatic nitrogens is 3. The van der Waals surface area contributed by atoms with Crippen LogP contribution in [0.25, 0.3) is 5.69 Å². The lowest BCUT2D eigenvalue weighted by Crippen LogP contribution is -2.45. The van der Waals surface area contributed by atoms with Gasteiger partial charge in [0.25, 0.3) is 0 Å². The second kappa shape index (κ2) is 9.72. The Bertz CT molecular complexity index is 1180. The van der Waals surface area contributed by atoms with Crippen molar-refractivity contribution in [1.82, 2.24) is 24.4 Å². The molecule has 4 rings (SSSR count). The fraction of sp³-hybridized carbons (Fsp3) is 0.348. The molecule has 1 fully saturated rings. The summed E-state index contributed by atoms with van der Waals surface area (Å²) in [6, 6.07) is 13.8. The van der Waals surface area contributed by atoms with Crippen molar-refractivity contribution in [3.05, 3.63) is 66.7 Å². The normalized spacial score (nSPS) is 17.9. The highest BCUT2D eigenvalue weighted by molar-refractivity contribution is 7.89. The van der Waals surface area contributed by atoms with E-state index in [1.165, 1.54) is 29.9 Å². The van der Waals surface area contributed by atoms with Gasteiger partial charge in [-0.25, -0.2) is 18.1 Å². The maximum Gasteiger partial charge on any atom is 0.243 e. The number of amides is 1. The predicted octanol–water partition coefficient (Wildman–Crippen LogP) is 2.55. The Balaban J connectivity index is 1.39. The molecule has 174 valence electrons. The monoisotopic (exact) mass is 469 g/mol. The average molecular weight is 470 g/mol. The molecule has 10 heteroatoms. The number of methoxy groups -OCH3 is 1. The Kier molecular flexibility index (Phi) is 6.75. The molecular weight excluding hydrogens is 442 g/mol. The van der Waals surface area contributed by atoms with Gasteiger partial charge in [-0.3, -0.25) is 4.79 Å². The van der Waals surface area contributed by atoms with Gasteiger partial charge in [-0.2, -0.15) is 9.40 Å². The van der Waals surface area contributed by atoms with Gasteiger partial charge in [0.1, 0.15) is 18.4 Å². The molecular formula is C23H27N5O4S. The topological polar surface area (TPSA) is 106 Å². The Morgan fingerprint density at radius 2 is 1.88 bits per heavy atom. The summed E-state index contributed by atoms with van der Waals surface area (Å²) >= 11 is 0. The van der Waals surface area contributed by atoms with Crippen LogP contribution in [0.4, 0.5) is 0 Å². The lowest BCUT2D eigenvalue weighted by atomic mass is 9.98. The maximum atomic E-state index is 13.1. The summed E-state index contributed by atoms with van der Waals surface area (Å²) in [4.78, 5) is 17.1. The zero-order valence-corrected chi connectivity index (χ0v) is 19.4. The van der Waals surface area contributed by atoms with E-state index in [9.17, 15) is 13.2 Å². The SMILES string of the molecule is COc1ccc(S(=O)(=O)N2CCC[C@H](C(=O)N[C@H](C)c3ccc(-n4cncn4)cc3)C2)cc1. The molecule has 1 saturated heterocycles. The summed E-state index contributed by atoms with van der Waals surface area (Å²) in [5, 5.41) is 7.14. The molecule has 2 atom stereocenters. The van der Waals surface area contributed by atoms with Gasteiger partial charge in [-0.15, -0.1) is 0 Å². The van der Waals surface area contributed by atoms with E-state index in [4.69, 9.17) is 4.74 Å². The van der Waals surface area contributed by atoms with Gasteiger partial charge in [0, 0.05) is 13.1 Å². The predicted molar refractivity (Wildman–Crippen MR) is 122 cm³/mol. The first-order chi connectivity index (χ1) is 15.9. The van der Waals surface area contributed by atoms with E-state index in [0.717, 1.165) is 11.3 Å². The van der Waals surface area contributed by atoms with Crippen molar-refractivity contribution in [1.29, 1.82) is 0 Å². The molecule has 0 radical (unpaired) electrons. The van der Waals surface area contributed by atoms with Gasteiger partial charge in [-0.1, -0.05) is 12.1 Å². The van der Waals surface area contributed by atoms with Crippen molar-refractivity contribution in [2.75, 3.05) is 20.2 Å². The smallest absolute Gasteiger partial charge is 0.243 e. The number of nitrogens with one attached hydrogen (secondary N) is 1. The number of nitrogens with zero attached hydrogens (tertiary/aromatic N) is 4. The zero-order valence-electron chi connectivity index (χ0n) is 18.6. The van der Waals surface area contributed by atoms with Gasteiger partial charge in [0.05, 0.1) is 29.7 Å². The first kappa shape index (κ1) is 22.9.